The maximum atomic E-state index is 12.4. The number of fused-ring (bicyclic) bond motifs is 1. The van der Waals surface area contributed by atoms with Gasteiger partial charge in [-0.15, -0.1) is 0 Å². The highest BCUT2D eigenvalue weighted by Gasteiger charge is 2.24. The SMILES string of the molecule is CC[C@@H](Oc1cccc(Cl)c1)C(=O)NC[C@@H]1COc2ccccc2O1. The Morgan fingerprint density at radius 1 is 1.28 bits per heavy atom. The number of para-hydroxylation sites is 2. The fourth-order valence-electron chi connectivity index (χ4n) is 2.52. The summed E-state index contributed by atoms with van der Waals surface area (Å²) in [6.07, 6.45) is -0.277. The highest BCUT2D eigenvalue weighted by Crippen LogP contribution is 2.30. The third kappa shape index (κ3) is 4.57. The lowest BCUT2D eigenvalue weighted by atomic mass is 10.2. The number of carbonyl (C=O) groups is 1. The normalized spacial score (nSPS) is 16.8. The predicted octanol–water partition coefficient (Wildman–Crippen LogP) is 3.45. The van der Waals surface area contributed by atoms with Gasteiger partial charge in [0.2, 0.25) is 0 Å². The summed E-state index contributed by atoms with van der Waals surface area (Å²) in [6.45, 7) is 2.64. The van der Waals surface area contributed by atoms with E-state index in [2.05, 4.69) is 5.32 Å². The molecule has 132 valence electrons. The Morgan fingerprint density at radius 3 is 2.84 bits per heavy atom. The zero-order chi connectivity index (χ0) is 17.6. The maximum Gasteiger partial charge on any atom is 0.261 e. The van der Waals surface area contributed by atoms with E-state index in [9.17, 15) is 4.79 Å². The highest BCUT2D eigenvalue weighted by molar-refractivity contribution is 6.30. The Bertz CT molecular complexity index is 737. The minimum atomic E-state index is -0.588. The summed E-state index contributed by atoms with van der Waals surface area (Å²) in [7, 11) is 0. The molecule has 1 N–H and O–H groups in total. The zero-order valence-electron chi connectivity index (χ0n) is 13.9. The van der Waals surface area contributed by atoms with E-state index in [1.807, 2.05) is 31.2 Å². The summed E-state index contributed by atoms with van der Waals surface area (Å²) in [5.74, 6) is 1.79. The van der Waals surface area contributed by atoms with Crippen LogP contribution in [0.4, 0.5) is 0 Å². The average molecular weight is 362 g/mol. The number of rotatable bonds is 6. The Labute approximate surface area is 151 Å². The number of ether oxygens (including phenoxy) is 3. The molecule has 2 aromatic carbocycles. The van der Waals surface area contributed by atoms with E-state index in [0.717, 1.165) is 5.75 Å². The first-order valence-corrected chi connectivity index (χ1v) is 8.62. The van der Waals surface area contributed by atoms with Crippen LogP contribution in [0, 0.1) is 0 Å². The molecule has 2 aromatic rings. The van der Waals surface area contributed by atoms with Gasteiger partial charge >= 0.3 is 0 Å². The van der Waals surface area contributed by atoms with Crippen molar-refractivity contribution in [1.29, 1.82) is 0 Å². The second kappa shape index (κ2) is 8.12. The molecule has 3 rings (SSSR count). The molecule has 5 nitrogen and oxygen atoms in total. The first-order chi connectivity index (χ1) is 12.2. The van der Waals surface area contributed by atoms with Crippen LogP contribution in [0.1, 0.15) is 13.3 Å². The van der Waals surface area contributed by atoms with Crippen molar-refractivity contribution < 1.29 is 19.0 Å². The van der Waals surface area contributed by atoms with Crippen molar-refractivity contribution in [3.8, 4) is 17.2 Å². The molecule has 0 unspecified atom stereocenters. The second-order valence-electron chi connectivity index (χ2n) is 5.71. The molecule has 1 amide bonds. The summed E-state index contributed by atoms with van der Waals surface area (Å²) in [4.78, 5) is 12.4. The van der Waals surface area contributed by atoms with Crippen LogP contribution in [0.25, 0.3) is 0 Å². The van der Waals surface area contributed by atoms with Crippen LogP contribution in [0.15, 0.2) is 48.5 Å². The fraction of sp³-hybridized carbons (Fsp3) is 0.316. The summed E-state index contributed by atoms with van der Waals surface area (Å²) in [6, 6.07) is 14.5. The van der Waals surface area contributed by atoms with Gasteiger partial charge in [-0.25, -0.2) is 0 Å². The molecule has 0 bridgehead atoms. The standard InChI is InChI=1S/C19H20ClNO4/c1-2-16(24-14-7-5-6-13(20)10-14)19(22)21-11-15-12-23-17-8-3-4-9-18(17)25-15/h3-10,15-16H,2,11-12H2,1H3,(H,21,22)/t15-,16-/m1/s1. The maximum absolute atomic E-state index is 12.4. The van der Waals surface area contributed by atoms with Crippen molar-refractivity contribution in [1.82, 2.24) is 5.32 Å². The molecule has 2 atom stereocenters. The molecule has 0 saturated heterocycles. The smallest absolute Gasteiger partial charge is 0.261 e. The van der Waals surface area contributed by atoms with Gasteiger partial charge in [0.05, 0.1) is 6.54 Å². The lowest BCUT2D eigenvalue weighted by Crippen LogP contribution is -2.45. The monoisotopic (exact) mass is 361 g/mol. The van der Waals surface area contributed by atoms with Crippen molar-refractivity contribution in [3.05, 3.63) is 53.6 Å². The molecule has 1 aliphatic rings. The number of hydrogen-bond donors (Lipinski definition) is 1. The fourth-order valence-corrected chi connectivity index (χ4v) is 2.70. The van der Waals surface area contributed by atoms with E-state index in [0.29, 0.717) is 36.1 Å². The van der Waals surface area contributed by atoms with Gasteiger partial charge in [-0.3, -0.25) is 4.79 Å². The molecule has 0 saturated carbocycles. The number of nitrogens with one attached hydrogen (secondary N) is 1. The minimum Gasteiger partial charge on any atom is -0.486 e. The Kier molecular flexibility index (Phi) is 5.66. The molecule has 6 heteroatoms. The molecule has 25 heavy (non-hydrogen) atoms. The van der Waals surface area contributed by atoms with Crippen LogP contribution in [0.3, 0.4) is 0 Å². The molecular formula is C19H20ClNO4. The van der Waals surface area contributed by atoms with Crippen LogP contribution in [0.5, 0.6) is 17.2 Å². The molecule has 0 aliphatic carbocycles. The Hall–Kier alpha value is -2.40. The van der Waals surface area contributed by atoms with E-state index in [1.165, 1.54) is 0 Å². The van der Waals surface area contributed by atoms with Gasteiger partial charge < -0.3 is 19.5 Å². The third-order valence-corrected chi connectivity index (χ3v) is 4.04. The predicted molar refractivity (Wildman–Crippen MR) is 95.5 cm³/mol. The molecule has 0 spiro atoms. The van der Waals surface area contributed by atoms with Crippen LogP contribution in [-0.2, 0) is 4.79 Å². The van der Waals surface area contributed by atoms with Crippen molar-refractivity contribution in [3.63, 3.8) is 0 Å². The zero-order valence-corrected chi connectivity index (χ0v) is 14.7. The quantitative estimate of drug-likeness (QED) is 0.856. The largest absolute Gasteiger partial charge is 0.486 e. The van der Waals surface area contributed by atoms with Crippen molar-refractivity contribution >= 4 is 17.5 Å². The average Bonchev–Trinajstić information content (AvgIpc) is 2.64. The van der Waals surface area contributed by atoms with Gasteiger partial charge in [-0.2, -0.15) is 0 Å². The van der Waals surface area contributed by atoms with E-state index in [1.54, 1.807) is 24.3 Å². The molecule has 0 fully saturated rings. The summed E-state index contributed by atoms with van der Waals surface area (Å²) >= 11 is 5.94. The van der Waals surface area contributed by atoms with Gasteiger partial charge in [-0.05, 0) is 36.8 Å². The lowest BCUT2D eigenvalue weighted by molar-refractivity contribution is -0.128. The topological polar surface area (TPSA) is 56.8 Å². The van der Waals surface area contributed by atoms with Crippen LogP contribution in [-0.4, -0.2) is 31.3 Å². The molecular weight excluding hydrogens is 342 g/mol. The van der Waals surface area contributed by atoms with Crippen LogP contribution >= 0.6 is 11.6 Å². The highest BCUT2D eigenvalue weighted by atomic mass is 35.5. The van der Waals surface area contributed by atoms with E-state index in [-0.39, 0.29) is 12.0 Å². The first-order valence-electron chi connectivity index (χ1n) is 8.24. The number of hydrogen-bond acceptors (Lipinski definition) is 4. The number of benzene rings is 2. The number of amides is 1. The molecule has 1 aliphatic heterocycles. The van der Waals surface area contributed by atoms with Gasteiger partial charge in [0.1, 0.15) is 18.5 Å². The van der Waals surface area contributed by atoms with Crippen molar-refractivity contribution in [2.45, 2.75) is 25.6 Å². The second-order valence-corrected chi connectivity index (χ2v) is 6.15. The van der Waals surface area contributed by atoms with E-state index >= 15 is 0 Å². The number of carbonyl (C=O) groups excluding carboxylic acids is 1. The number of halogens is 1. The van der Waals surface area contributed by atoms with Gasteiger partial charge in [-0.1, -0.05) is 36.7 Å². The molecule has 1 heterocycles. The Balaban J connectivity index is 1.53. The summed E-state index contributed by atoms with van der Waals surface area (Å²) < 4.78 is 17.2. The van der Waals surface area contributed by atoms with E-state index in [4.69, 9.17) is 25.8 Å². The third-order valence-electron chi connectivity index (χ3n) is 3.81. The van der Waals surface area contributed by atoms with Gasteiger partial charge in [0.25, 0.3) is 5.91 Å². The van der Waals surface area contributed by atoms with Crippen LogP contribution < -0.4 is 19.5 Å². The summed E-state index contributed by atoms with van der Waals surface area (Å²) in [5.41, 5.74) is 0. The van der Waals surface area contributed by atoms with Crippen LogP contribution in [0.2, 0.25) is 5.02 Å². The first kappa shape index (κ1) is 17.4. The summed E-state index contributed by atoms with van der Waals surface area (Å²) in [5, 5.41) is 3.44. The minimum absolute atomic E-state index is 0.190. The Morgan fingerprint density at radius 2 is 2.08 bits per heavy atom. The van der Waals surface area contributed by atoms with E-state index < -0.39 is 6.10 Å². The van der Waals surface area contributed by atoms with Gasteiger partial charge in [0.15, 0.2) is 17.6 Å². The van der Waals surface area contributed by atoms with Crippen molar-refractivity contribution in [2.24, 2.45) is 0 Å². The van der Waals surface area contributed by atoms with Gasteiger partial charge in [0, 0.05) is 5.02 Å². The lowest BCUT2D eigenvalue weighted by Gasteiger charge is -2.27. The van der Waals surface area contributed by atoms with Crippen molar-refractivity contribution in [2.75, 3.05) is 13.2 Å². The molecule has 0 aromatic heterocycles. The molecule has 0 radical (unpaired) electrons.